The summed E-state index contributed by atoms with van der Waals surface area (Å²) in [5.74, 6) is -0.469. The van der Waals surface area contributed by atoms with Gasteiger partial charge in [0.25, 0.3) is 5.78 Å². The number of piperidine rings is 1. The van der Waals surface area contributed by atoms with Crippen molar-refractivity contribution in [2.45, 2.75) is 37.8 Å². The molecule has 4 rings (SSSR count). The smallest absolute Gasteiger partial charge is 0.343 e. The van der Waals surface area contributed by atoms with E-state index in [1.54, 1.807) is 17.0 Å². The molecule has 4 heterocycles. The van der Waals surface area contributed by atoms with E-state index >= 15 is 0 Å². The minimum Gasteiger partial charge on any atom is -0.343 e. The Kier molecular flexibility index (Phi) is 5.54. The van der Waals surface area contributed by atoms with Crippen molar-refractivity contribution in [3.05, 3.63) is 46.2 Å². The number of halogens is 3. The highest BCUT2D eigenvalue weighted by atomic mass is 32.1. The van der Waals surface area contributed by atoms with Gasteiger partial charge < -0.3 is 4.90 Å². The first kappa shape index (κ1) is 20.5. The molecule has 1 amide bonds. The Morgan fingerprint density at radius 3 is 2.63 bits per heavy atom. The predicted molar refractivity (Wildman–Crippen MR) is 102 cm³/mol. The van der Waals surface area contributed by atoms with Gasteiger partial charge in [0, 0.05) is 37.5 Å². The number of ketones is 1. The number of rotatable bonds is 5. The molecule has 1 saturated heterocycles. The number of carbonyl (C=O) groups is 2. The summed E-state index contributed by atoms with van der Waals surface area (Å²) in [5.41, 5.74) is -0.603. The largest absolute Gasteiger partial charge is 0.433 e. The third-order valence-electron chi connectivity index (χ3n) is 5.19. The van der Waals surface area contributed by atoms with Crippen molar-refractivity contribution in [2.75, 3.05) is 13.1 Å². The third kappa shape index (κ3) is 4.20. The van der Waals surface area contributed by atoms with Gasteiger partial charge in [0.15, 0.2) is 11.5 Å². The fourth-order valence-corrected chi connectivity index (χ4v) is 4.30. The van der Waals surface area contributed by atoms with Crippen LogP contribution in [0.4, 0.5) is 13.2 Å². The van der Waals surface area contributed by atoms with Crippen LogP contribution in [-0.4, -0.2) is 49.3 Å². The molecule has 1 aliphatic rings. The molecule has 0 saturated carbocycles. The lowest BCUT2D eigenvalue weighted by atomic mass is 9.92. The molecule has 0 atom stereocenters. The molecular weight excluding hydrogens is 419 g/mol. The van der Waals surface area contributed by atoms with Crippen LogP contribution in [0.25, 0.3) is 5.78 Å². The zero-order chi connectivity index (χ0) is 21.3. The van der Waals surface area contributed by atoms with Crippen molar-refractivity contribution in [1.29, 1.82) is 0 Å². The lowest BCUT2D eigenvalue weighted by Crippen LogP contribution is -2.38. The molecule has 11 heteroatoms. The Labute approximate surface area is 173 Å². The summed E-state index contributed by atoms with van der Waals surface area (Å²) < 4.78 is 40.8. The van der Waals surface area contributed by atoms with E-state index in [2.05, 4.69) is 15.1 Å². The van der Waals surface area contributed by atoms with Crippen LogP contribution in [0.2, 0.25) is 0 Å². The molecule has 0 aliphatic carbocycles. The molecule has 0 bridgehead atoms. The maximum absolute atomic E-state index is 13.4. The predicted octanol–water partition coefficient (Wildman–Crippen LogP) is 3.57. The van der Waals surface area contributed by atoms with Crippen molar-refractivity contribution in [3.63, 3.8) is 0 Å². The van der Waals surface area contributed by atoms with E-state index in [0.29, 0.717) is 41.0 Å². The number of nitrogens with zero attached hydrogens (tertiary/aromatic N) is 5. The van der Waals surface area contributed by atoms with Crippen LogP contribution in [0.15, 0.2) is 29.9 Å². The average molecular weight is 437 g/mol. The molecule has 0 spiro atoms. The summed E-state index contributed by atoms with van der Waals surface area (Å²) in [5, 5.41) is 5.42. The van der Waals surface area contributed by atoms with Crippen molar-refractivity contribution >= 4 is 28.8 Å². The number of amides is 1. The van der Waals surface area contributed by atoms with E-state index in [1.165, 1.54) is 11.3 Å². The molecular formula is C19H18F3N5O2S. The number of likely N-dealkylation sites (tertiary alicyclic amines) is 1. The Hall–Kier alpha value is -2.82. The number of Topliss-reactive ketones (excluding diaryl/α,β-unsaturated/α-hetero) is 1. The van der Waals surface area contributed by atoms with Crippen molar-refractivity contribution < 1.29 is 22.8 Å². The topological polar surface area (TPSA) is 80.5 Å². The molecule has 0 N–H and O–H groups in total. The molecule has 0 aromatic carbocycles. The van der Waals surface area contributed by atoms with Crippen molar-refractivity contribution in [3.8, 4) is 0 Å². The normalized spacial score (nSPS) is 15.6. The maximum atomic E-state index is 13.4. The molecule has 158 valence electrons. The number of hydrogen-bond acceptors (Lipinski definition) is 6. The quantitative estimate of drug-likeness (QED) is 0.570. The first-order chi connectivity index (χ1) is 14.3. The minimum absolute atomic E-state index is 0.0567. The highest BCUT2D eigenvalue weighted by Crippen LogP contribution is 2.33. The lowest BCUT2D eigenvalue weighted by molar-refractivity contribution is -0.142. The number of thiophene rings is 1. The van der Waals surface area contributed by atoms with Crippen LogP contribution in [0, 0.1) is 0 Å². The fraction of sp³-hybridized carbons (Fsp3) is 0.421. The minimum atomic E-state index is -4.57. The summed E-state index contributed by atoms with van der Waals surface area (Å²) in [6.07, 6.45) is -2.25. The van der Waals surface area contributed by atoms with Gasteiger partial charge in [-0.15, -0.1) is 11.3 Å². The van der Waals surface area contributed by atoms with Crippen molar-refractivity contribution in [1.82, 2.24) is 24.5 Å². The second kappa shape index (κ2) is 8.13. The number of alkyl halides is 3. The van der Waals surface area contributed by atoms with Crippen LogP contribution in [0.5, 0.6) is 0 Å². The van der Waals surface area contributed by atoms with Gasteiger partial charge in [0.1, 0.15) is 6.33 Å². The van der Waals surface area contributed by atoms with Gasteiger partial charge in [0.05, 0.1) is 4.88 Å². The molecule has 7 nitrogen and oxygen atoms in total. The van der Waals surface area contributed by atoms with E-state index < -0.39 is 11.9 Å². The standard InChI is InChI=1S/C19H18F3N5O2S/c20-19(21,22)16-10-13(25-18-23-11-24-27(16)18)12-5-7-26(8-6-12)17(29)4-3-14(28)15-2-1-9-30-15/h1-2,9-12H,3-8H2. The molecule has 1 aliphatic heterocycles. The number of aromatic nitrogens is 4. The summed E-state index contributed by atoms with van der Waals surface area (Å²) in [6, 6.07) is 4.54. The van der Waals surface area contributed by atoms with Crippen LogP contribution in [0.1, 0.15) is 52.7 Å². The van der Waals surface area contributed by atoms with Crippen LogP contribution >= 0.6 is 11.3 Å². The second-order valence-electron chi connectivity index (χ2n) is 7.09. The van der Waals surface area contributed by atoms with Crippen molar-refractivity contribution in [2.24, 2.45) is 0 Å². The number of carbonyl (C=O) groups excluding carboxylic acids is 2. The summed E-state index contributed by atoms with van der Waals surface area (Å²) >= 11 is 1.35. The fourth-order valence-electron chi connectivity index (χ4n) is 3.61. The number of hydrogen-bond donors (Lipinski definition) is 0. The molecule has 3 aromatic rings. The zero-order valence-corrected chi connectivity index (χ0v) is 16.6. The molecule has 0 unspecified atom stereocenters. The Morgan fingerprint density at radius 2 is 1.97 bits per heavy atom. The number of fused-ring (bicyclic) bond motifs is 1. The Bertz CT molecular complexity index is 1060. The Balaban J connectivity index is 1.38. The van der Waals surface area contributed by atoms with E-state index in [0.717, 1.165) is 12.4 Å². The second-order valence-corrected chi connectivity index (χ2v) is 8.04. The van der Waals surface area contributed by atoms with Gasteiger partial charge in [-0.25, -0.2) is 4.98 Å². The van der Waals surface area contributed by atoms with Gasteiger partial charge >= 0.3 is 6.18 Å². The third-order valence-corrected chi connectivity index (χ3v) is 6.10. The average Bonchev–Trinajstić information content (AvgIpc) is 3.42. The van der Waals surface area contributed by atoms with E-state index in [-0.39, 0.29) is 36.2 Å². The van der Waals surface area contributed by atoms with E-state index in [9.17, 15) is 22.8 Å². The lowest BCUT2D eigenvalue weighted by Gasteiger charge is -2.32. The zero-order valence-electron chi connectivity index (χ0n) is 15.8. The van der Waals surface area contributed by atoms with Gasteiger partial charge in [-0.2, -0.15) is 27.8 Å². The molecule has 0 radical (unpaired) electrons. The van der Waals surface area contributed by atoms with E-state index in [4.69, 9.17) is 0 Å². The highest BCUT2D eigenvalue weighted by Gasteiger charge is 2.36. The summed E-state index contributed by atoms with van der Waals surface area (Å²) in [6.45, 7) is 0.829. The van der Waals surface area contributed by atoms with Crippen LogP contribution in [0.3, 0.4) is 0 Å². The van der Waals surface area contributed by atoms with Crippen LogP contribution in [-0.2, 0) is 11.0 Å². The first-order valence-electron chi connectivity index (χ1n) is 9.45. The monoisotopic (exact) mass is 437 g/mol. The summed E-state index contributed by atoms with van der Waals surface area (Å²) in [4.78, 5) is 34.8. The van der Waals surface area contributed by atoms with E-state index in [1.807, 2.05) is 5.38 Å². The van der Waals surface area contributed by atoms with Gasteiger partial charge in [-0.1, -0.05) is 6.07 Å². The molecule has 3 aromatic heterocycles. The first-order valence-corrected chi connectivity index (χ1v) is 10.3. The van der Waals surface area contributed by atoms with Gasteiger partial charge in [-0.05, 0) is 30.4 Å². The molecule has 30 heavy (non-hydrogen) atoms. The highest BCUT2D eigenvalue weighted by molar-refractivity contribution is 7.12. The van der Waals surface area contributed by atoms with Gasteiger partial charge in [0.2, 0.25) is 5.91 Å². The molecule has 1 fully saturated rings. The SMILES string of the molecule is O=C(CCC(=O)N1CCC(c2cc(C(F)(F)F)n3ncnc3n2)CC1)c1cccs1. The van der Waals surface area contributed by atoms with Gasteiger partial charge in [-0.3, -0.25) is 9.59 Å². The Morgan fingerprint density at radius 1 is 1.20 bits per heavy atom. The van der Waals surface area contributed by atoms with Crippen LogP contribution < -0.4 is 0 Å². The maximum Gasteiger partial charge on any atom is 0.433 e. The summed E-state index contributed by atoms with van der Waals surface area (Å²) in [7, 11) is 0.